The number of ether oxygens (including phenoxy) is 2. The normalized spacial score (nSPS) is 10.4. The first kappa shape index (κ1) is 18.0. The van der Waals surface area contributed by atoms with E-state index in [0.717, 1.165) is 0 Å². The Morgan fingerprint density at radius 3 is 2.65 bits per heavy atom. The molecule has 134 valence electrons. The first-order valence-corrected chi connectivity index (χ1v) is 8.29. The number of nitrogen functional groups attached to an aromatic ring is 1. The maximum Gasteiger partial charge on any atom is 0.232 e. The van der Waals surface area contributed by atoms with Crippen molar-refractivity contribution in [2.75, 3.05) is 18.2 Å². The van der Waals surface area contributed by atoms with E-state index in [-0.39, 0.29) is 18.5 Å². The van der Waals surface area contributed by atoms with E-state index in [1.54, 1.807) is 25.3 Å². The number of halogens is 2. The smallest absolute Gasteiger partial charge is 0.232 e. The van der Waals surface area contributed by atoms with Crippen molar-refractivity contribution in [2.24, 2.45) is 0 Å². The molecule has 0 saturated heterocycles. The molecular formula is C17H15Cl2N5O2. The van der Waals surface area contributed by atoms with Crippen LogP contribution in [0.1, 0.15) is 5.82 Å². The number of para-hydroxylation sites is 2. The molecule has 1 heterocycles. The van der Waals surface area contributed by atoms with Gasteiger partial charge in [0.05, 0.1) is 17.8 Å². The number of nitrogens with zero attached hydrogens (tertiary/aromatic N) is 3. The SMILES string of the molecule is COc1ccccc1Nc1nc(N)nc(COc2cc(Cl)ccc2Cl)n1. The Hall–Kier alpha value is -2.77. The molecule has 0 aliphatic heterocycles. The predicted octanol–water partition coefficient (Wildman–Crippen LogP) is 4.09. The van der Waals surface area contributed by atoms with E-state index < -0.39 is 0 Å². The molecule has 0 aliphatic rings. The van der Waals surface area contributed by atoms with E-state index in [9.17, 15) is 0 Å². The van der Waals surface area contributed by atoms with Gasteiger partial charge in [0.15, 0.2) is 5.82 Å². The second kappa shape index (κ2) is 8.07. The fourth-order valence-corrected chi connectivity index (χ4v) is 2.49. The van der Waals surface area contributed by atoms with Crippen molar-refractivity contribution in [2.45, 2.75) is 6.61 Å². The molecule has 0 atom stereocenters. The number of methoxy groups -OCH3 is 1. The van der Waals surface area contributed by atoms with Gasteiger partial charge in [-0.15, -0.1) is 0 Å². The molecule has 2 aromatic carbocycles. The molecule has 0 fully saturated rings. The summed E-state index contributed by atoms with van der Waals surface area (Å²) in [6, 6.07) is 12.3. The van der Waals surface area contributed by atoms with Crippen LogP contribution in [0.5, 0.6) is 11.5 Å². The second-order valence-corrected chi connectivity index (χ2v) is 5.97. The molecule has 7 nitrogen and oxygen atoms in total. The van der Waals surface area contributed by atoms with E-state index in [2.05, 4.69) is 20.3 Å². The number of nitrogens with two attached hydrogens (primary N) is 1. The van der Waals surface area contributed by atoms with E-state index in [0.29, 0.717) is 33.1 Å². The summed E-state index contributed by atoms with van der Waals surface area (Å²) in [6.45, 7) is 0.0490. The minimum absolute atomic E-state index is 0.0490. The quantitative estimate of drug-likeness (QED) is 0.652. The molecule has 9 heteroatoms. The van der Waals surface area contributed by atoms with Crippen molar-refractivity contribution in [3.63, 3.8) is 0 Å². The summed E-state index contributed by atoms with van der Waals surface area (Å²) in [4.78, 5) is 12.4. The van der Waals surface area contributed by atoms with Gasteiger partial charge in [-0.2, -0.15) is 15.0 Å². The molecule has 0 amide bonds. The number of hydrogen-bond donors (Lipinski definition) is 2. The van der Waals surface area contributed by atoms with Gasteiger partial charge in [0.1, 0.15) is 18.1 Å². The first-order chi connectivity index (χ1) is 12.5. The fourth-order valence-electron chi connectivity index (χ4n) is 2.16. The molecule has 3 aromatic rings. The minimum Gasteiger partial charge on any atom is -0.495 e. The highest BCUT2D eigenvalue weighted by Crippen LogP contribution is 2.28. The van der Waals surface area contributed by atoms with E-state index >= 15 is 0 Å². The van der Waals surface area contributed by atoms with Crippen molar-refractivity contribution >= 4 is 40.8 Å². The number of hydrogen-bond acceptors (Lipinski definition) is 7. The Morgan fingerprint density at radius 2 is 1.85 bits per heavy atom. The summed E-state index contributed by atoms with van der Waals surface area (Å²) in [5, 5.41) is 4.00. The highest BCUT2D eigenvalue weighted by atomic mass is 35.5. The van der Waals surface area contributed by atoms with Crippen LogP contribution in [0.4, 0.5) is 17.6 Å². The highest BCUT2D eigenvalue weighted by molar-refractivity contribution is 6.34. The number of anilines is 3. The summed E-state index contributed by atoms with van der Waals surface area (Å²) in [5.74, 6) is 1.75. The Balaban J connectivity index is 1.78. The Labute approximate surface area is 160 Å². The van der Waals surface area contributed by atoms with Crippen LogP contribution in [0.25, 0.3) is 0 Å². The van der Waals surface area contributed by atoms with Crippen LogP contribution in [0, 0.1) is 0 Å². The molecule has 0 aliphatic carbocycles. The lowest BCUT2D eigenvalue weighted by Crippen LogP contribution is -2.09. The van der Waals surface area contributed by atoms with Crippen molar-refractivity contribution in [1.29, 1.82) is 0 Å². The summed E-state index contributed by atoms with van der Waals surface area (Å²) >= 11 is 12.0. The Kier molecular flexibility index (Phi) is 5.60. The maximum absolute atomic E-state index is 6.08. The van der Waals surface area contributed by atoms with Gasteiger partial charge in [0.2, 0.25) is 11.9 Å². The van der Waals surface area contributed by atoms with Crippen molar-refractivity contribution in [3.05, 3.63) is 58.3 Å². The molecule has 26 heavy (non-hydrogen) atoms. The molecule has 0 spiro atoms. The molecule has 3 rings (SSSR count). The standard InChI is InChI=1S/C17H15Cl2N5O2/c1-25-13-5-3-2-4-12(13)21-17-23-15(22-16(20)24-17)9-26-14-8-10(18)6-7-11(14)19/h2-8H,9H2,1H3,(H3,20,21,22,23,24). The summed E-state index contributed by atoms with van der Waals surface area (Å²) in [5.41, 5.74) is 6.47. The zero-order valence-electron chi connectivity index (χ0n) is 13.7. The summed E-state index contributed by atoms with van der Waals surface area (Å²) in [7, 11) is 1.58. The fraction of sp³-hybridized carbons (Fsp3) is 0.118. The number of benzene rings is 2. The lowest BCUT2D eigenvalue weighted by Gasteiger charge is -2.11. The molecule has 0 bridgehead atoms. The molecule has 0 saturated carbocycles. The minimum atomic E-state index is 0.0490. The predicted molar refractivity (Wildman–Crippen MR) is 101 cm³/mol. The van der Waals surface area contributed by atoms with Crippen molar-refractivity contribution in [1.82, 2.24) is 15.0 Å². The number of rotatable bonds is 6. The van der Waals surface area contributed by atoms with Crippen molar-refractivity contribution in [3.8, 4) is 11.5 Å². The van der Waals surface area contributed by atoms with Gasteiger partial charge in [-0.25, -0.2) is 0 Å². The maximum atomic E-state index is 6.08. The van der Waals surface area contributed by atoms with Crippen LogP contribution < -0.4 is 20.5 Å². The third-order valence-electron chi connectivity index (χ3n) is 3.30. The molecule has 3 N–H and O–H groups in total. The molecular weight excluding hydrogens is 377 g/mol. The third kappa shape index (κ3) is 4.44. The van der Waals surface area contributed by atoms with Gasteiger partial charge in [-0.05, 0) is 24.3 Å². The van der Waals surface area contributed by atoms with Crippen LogP contribution in [-0.4, -0.2) is 22.1 Å². The average molecular weight is 392 g/mol. The lowest BCUT2D eigenvalue weighted by molar-refractivity contribution is 0.296. The van der Waals surface area contributed by atoms with E-state index in [1.165, 1.54) is 0 Å². The van der Waals surface area contributed by atoms with Crippen LogP contribution in [0.3, 0.4) is 0 Å². The summed E-state index contributed by atoms with van der Waals surface area (Å²) < 4.78 is 10.9. The number of nitrogens with one attached hydrogen (secondary N) is 1. The van der Waals surface area contributed by atoms with Gasteiger partial charge >= 0.3 is 0 Å². The number of aromatic nitrogens is 3. The van der Waals surface area contributed by atoms with Crippen LogP contribution in [0.2, 0.25) is 10.0 Å². The van der Waals surface area contributed by atoms with Gasteiger partial charge in [0.25, 0.3) is 0 Å². The zero-order chi connectivity index (χ0) is 18.5. The van der Waals surface area contributed by atoms with Gasteiger partial charge in [-0.3, -0.25) is 0 Å². The second-order valence-electron chi connectivity index (χ2n) is 5.12. The Morgan fingerprint density at radius 1 is 1.04 bits per heavy atom. The van der Waals surface area contributed by atoms with Gasteiger partial charge < -0.3 is 20.5 Å². The van der Waals surface area contributed by atoms with Gasteiger partial charge in [-0.1, -0.05) is 35.3 Å². The average Bonchev–Trinajstić information content (AvgIpc) is 2.62. The largest absolute Gasteiger partial charge is 0.495 e. The first-order valence-electron chi connectivity index (χ1n) is 7.53. The van der Waals surface area contributed by atoms with Crippen LogP contribution in [-0.2, 0) is 6.61 Å². The third-order valence-corrected chi connectivity index (χ3v) is 3.85. The topological polar surface area (TPSA) is 95.2 Å². The molecule has 0 radical (unpaired) electrons. The van der Waals surface area contributed by atoms with Crippen LogP contribution >= 0.6 is 23.2 Å². The Bertz CT molecular complexity index is 923. The zero-order valence-corrected chi connectivity index (χ0v) is 15.3. The van der Waals surface area contributed by atoms with Crippen molar-refractivity contribution < 1.29 is 9.47 Å². The monoisotopic (exact) mass is 391 g/mol. The molecule has 0 unspecified atom stereocenters. The van der Waals surface area contributed by atoms with Gasteiger partial charge in [0, 0.05) is 11.1 Å². The van der Waals surface area contributed by atoms with Crippen LogP contribution in [0.15, 0.2) is 42.5 Å². The highest BCUT2D eigenvalue weighted by Gasteiger charge is 2.10. The van der Waals surface area contributed by atoms with E-state index in [4.69, 9.17) is 38.4 Å². The summed E-state index contributed by atoms with van der Waals surface area (Å²) in [6.07, 6.45) is 0. The molecule has 1 aromatic heterocycles. The lowest BCUT2D eigenvalue weighted by atomic mass is 10.3. The van der Waals surface area contributed by atoms with E-state index in [1.807, 2.05) is 24.3 Å².